The summed E-state index contributed by atoms with van der Waals surface area (Å²) in [5.74, 6) is -1.35. The second-order valence-corrected chi connectivity index (χ2v) is 7.57. The van der Waals surface area contributed by atoms with Gasteiger partial charge in [-0.1, -0.05) is 6.42 Å². The highest BCUT2D eigenvalue weighted by atomic mass is 19.3. The summed E-state index contributed by atoms with van der Waals surface area (Å²) < 4.78 is 61.7. The quantitative estimate of drug-likeness (QED) is 0.517. The molecule has 12 heteroatoms. The Kier molecular flexibility index (Phi) is 8.26. The largest absolute Gasteiger partial charge is 0.433 e. The summed E-state index contributed by atoms with van der Waals surface area (Å²) in [5.41, 5.74) is 5.95. The van der Waals surface area contributed by atoms with Crippen LogP contribution in [-0.4, -0.2) is 74.7 Å². The highest BCUT2D eigenvalue weighted by molar-refractivity contribution is 5.98. The predicted molar refractivity (Wildman–Crippen MR) is 108 cm³/mol. The van der Waals surface area contributed by atoms with E-state index in [1.54, 1.807) is 0 Å². The van der Waals surface area contributed by atoms with Gasteiger partial charge in [0, 0.05) is 30.9 Å². The van der Waals surface area contributed by atoms with Crippen LogP contribution in [0.5, 0.6) is 5.75 Å². The lowest BCUT2D eigenvalue weighted by molar-refractivity contribution is -0.126. The molecule has 0 radical (unpaired) electrons. The number of rotatable bonds is 10. The van der Waals surface area contributed by atoms with Crippen molar-refractivity contribution in [3.05, 3.63) is 18.2 Å². The Hall–Kier alpha value is -2.44. The number of benzene rings is 1. The highest BCUT2D eigenvalue weighted by Gasteiger charge is 2.35. The van der Waals surface area contributed by atoms with E-state index in [1.165, 1.54) is 21.9 Å². The van der Waals surface area contributed by atoms with Gasteiger partial charge in [-0.2, -0.15) is 8.78 Å². The highest BCUT2D eigenvalue weighted by Crippen LogP contribution is 2.34. The molecule has 2 amide bonds. The predicted octanol–water partition coefficient (Wildman–Crippen LogP) is 2.04. The van der Waals surface area contributed by atoms with Crippen LogP contribution in [0.4, 0.5) is 28.9 Å². The molecule has 1 atom stereocenters. The van der Waals surface area contributed by atoms with Gasteiger partial charge >= 0.3 is 6.61 Å². The zero-order valence-electron chi connectivity index (χ0n) is 17.3. The molecule has 1 aliphatic heterocycles. The van der Waals surface area contributed by atoms with Gasteiger partial charge < -0.3 is 25.4 Å². The molecule has 0 aromatic heterocycles. The number of nitrogens with one attached hydrogen (secondary N) is 1. The molecule has 3 rings (SSSR count). The summed E-state index contributed by atoms with van der Waals surface area (Å²) in [4.78, 5) is 27.6. The zero-order valence-corrected chi connectivity index (χ0v) is 17.3. The minimum atomic E-state index is -3.16. The number of anilines is 2. The molecule has 2 aliphatic rings. The van der Waals surface area contributed by atoms with Gasteiger partial charge in [0.1, 0.15) is 12.6 Å². The van der Waals surface area contributed by atoms with E-state index in [4.69, 9.17) is 10.5 Å². The maximum Gasteiger partial charge on any atom is 0.387 e. The first-order chi connectivity index (χ1) is 15.3. The smallest absolute Gasteiger partial charge is 0.387 e. The SMILES string of the molecule is NC[C@@H](C(=O)Nc1ccc(N2CCOCC2=O)c(OC(F)F)c1)N(CC(F)F)C1CCC1. The van der Waals surface area contributed by atoms with Crippen LogP contribution in [0.25, 0.3) is 0 Å². The van der Waals surface area contributed by atoms with Crippen LogP contribution >= 0.6 is 0 Å². The van der Waals surface area contributed by atoms with Gasteiger partial charge in [-0.15, -0.1) is 0 Å². The van der Waals surface area contributed by atoms with Crippen molar-refractivity contribution in [3.8, 4) is 5.75 Å². The molecular formula is C20H26F4N4O4. The Balaban J connectivity index is 1.80. The van der Waals surface area contributed by atoms with E-state index in [0.29, 0.717) is 12.8 Å². The van der Waals surface area contributed by atoms with Crippen LogP contribution in [0.15, 0.2) is 18.2 Å². The Bertz CT molecular complexity index is 810. The average molecular weight is 462 g/mol. The summed E-state index contributed by atoms with van der Waals surface area (Å²) in [6.45, 7) is -3.73. The number of nitrogens with zero attached hydrogens (tertiary/aromatic N) is 2. The summed E-state index contributed by atoms with van der Waals surface area (Å²) in [7, 11) is 0. The number of carbonyl (C=O) groups excluding carboxylic acids is 2. The molecule has 1 aromatic rings. The van der Waals surface area contributed by atoms with E-state index in [-0.39, 0.29) is 49.5 Å². The van der Waals surface area contributed by atoms with Crippen molar-refractivity contribution in [3.63, 3.8) is 0 Å². The van der Waals surface area contributed by atoms with E-state index in [9.17, 15) is 27.2 Å². The van der Waals surface area contributed by atoms with Gasteiger partial charge in [0.2, 0.25) is 5.91 Å². The number of hydrogen-bond donors (Lipinski definition) is 2. The maximum atomic E-state index is 13.1. The van der Waals surface area contributed by atoms with Crippen LogP contribution < -0.4 is 20.7 Å². The summed E-state index contributed by atoms with van der Waals surface area (Å²) in [5, 5.41) is 2.55. The third-order valence-corrected chi connectivity index (χ3v) is 5.54. The number of ether oxygens (including phenoxy) is 2. The zero-order chi connectivity index (χ0) is 23.3. The fourth-order valence-electron chi connectivity index (χ4n) is 3.81. The number of halogens is 4. The number of alkyl halides is 4. The number of hydrogen-bond acceptors (Lipinski definition) is 6. The Labute approximate surface area is 182 Å². The Morgan fingerprint density at radius 3 is 2.62 bits per heavy atom. The maximum absolute atomic E-state index is 13.1. The Morgan fingerprint density at radius 2 is 2.06 bits per heavy atom. The second kappa shape index (κ2) is 10.9. The number of nitrogens with two attached hydrogens (primary N) is 1. The first-order valence-electron chi connectivity index (χ1n) is 10.3. The van der Waals surface area contributed by atoms with Crippen LogP contribution in [-0.2, 0) is 14.3 Å². The summed E-state index contributed by atoms with van der Waals surface area (Å²) in [6.07, 6.45) is -0.343. The van der Waals surface area contributed by atoms with Crippen LogP contribution in [0, 0.1) is 0 Å². The molecule has 1 saturated heterocycles. The van der Waals surface area contributed by atoms with Crippen LogP contribution in [0.1, 0.15) is 19.3 Å². The third-order valence-electron chi connectivity index (χ3n) is 5.54. The molecule has 0 bridgehead atoms. The molecule has 1 aromatic carbocycles. The minimum absolute atomic E-state index is 0.110. The van der Waals surface area contributed by atoms with Gasteiger partial charge in [0.15, 0.2) is 5.75 Å². The number of morpholine rings is 1. The first kappa shape index (κ1) is 24.2. The van der Waals surface area contributed by atoms with Crippen molar-refractivity contribution >= 4 is 23.2 Å². The number of amides is 2. The van der Waals surface area contributed by atoms with Gasteiger partial charge in [0.05, 0.1) is 18.8 Å². The Morgan fingerprint density at radius 1 is 1.31 bits per heavy atom. The first-order valence-corrected chi connectivity index (χ1v) is 10.3. The van der Waals surface area contributed by atoms with Crippen molar-refractivity contribution in [2.45, 2.75) is 44.4 Å². The number of carbonyl (C=O) groups is 2. The molecule has 1 aliphatic carbocycles. The topological polar surface area (TPSA) is 97.1 Å². The van der Waals surface area contributed by atoms with Gasteiger partial charge in [-0.05, 0) is 25.0 Å². The van der Waals surface area contributed by atoms with Crippen LogP contribution in [0.3, 0.4) is 0 Å². The van der Waals surface area contributed by atoms with Gasteiger partial charge in [0.25, 0.3) is 12.3 Å². The molecular weight excluding hydrogens is 436 g/mol. The molecule has 2 fully saturated rings. The molecule has 0 spiro atoms. The molecule has 178 valence electrons. The lowest BCUT2D eigenvalue weighted by atomic mass is 9.90. The minimum Gasteiger partial charge on any atom is -0.433 e. The molecule has 8 nitrogen and oxygen atoms in total. The normalized spacial score (nSPS) is 18.2. The van der Waals surface area contributed by atoms with Crippen molar-refractivity contribution in [2.75, 3.05) is 43.1 Å². The molecule has 1 heterocycles. The monoisotopic (exact) mass is 462 g/mol. The third kappa shape index (κ3) is 5.87. The lowest BCUT2D eigenvalue weighted by Gasteiger charge is -2.41. The van der Waals surface area contributed by atoms with E-state index in [0.717, 1.165) is 12.5 Å². The van der Waals surface area contributed by atoms with Gasteiger partial charge in [-0.25, -0.2) is 8.78 Å². The van der Waals surface area contributed by atoms with E-state index in [2.05, 4.69) is 10.1 Å². The van der Waals surface area contributed by atoms with Gasteiger partial charge in [-0.3, -0.25) is 14.5 Å². The fourth-order valence-corrected chi connectivity index (χ4v) is 3.81. The molecule has 32 heavy (non-hydrogen) atoms. The molecule has 1 saturated carbocycles. The fraction of sp³-hybridized carbons (Fsp3) is 0.600. The molecule has 3 N–H and O–H groups in total. The second-order valence-electron chi connectivity index (χ2n) is 7.57. The standard InChI is InChI=1S/C20H26F4N4O4/c21-17(22)10-28(13-2-1-3-13)15(9-25)19(30)26-12-4-5-14(16(8-12)32-20(23)24)27-6-7-31-11-18(27)29/h4-5,8,13,15,17,20H,1-3,6-7,9-11,25H2,(H,26,30)/t15-/m0/s1. The van der Waals surface area contributed by atoms with E-state index >= 15 is 0 Å². The van der Waals surface area contributed by atoms with Crippen molar-refractivity contribution in [1.82, 2.24) is 4.90 Å². The summed E-state index contributed by atoms with van der Waals surface area (Å²) in [6, 6.07) is 2.79. The van der Waals surface area contributed by atoms with Crippen LogP contribution in [0.2, 0.25) is 0 Å². The van der Waals surface area contributed by atoms with E-state index in [1.807, 2.05) is 0 Å². The average Bonchev–Trinajstić information content (AvgIpc) is 2.67. The summed E-state index contributed by atoms with van der Waals surface area (Å²) >= 11 is 0. The van der Waals surface area contributed by atoms with Crippen molar-refractivity contribution < 1.29 is 36.6 Å². The molecule has 0 unspecified atom stereocenters. The van der Waals surface area contributed by atoms with E-state index < -0.39 is 37.4 Å². The van der Waals surface area contributed by atoms with Crippen molar-refractivity contribution in [1.29, 1.82) is 0 Å². The lowest BCUT2D eigenvalue weighted by Crippen LogP contribution is -2.56. The van der Waals surface area contributed by atoms with Crippen molar-refractivity contribution in [2.24, 2.45) is 5.73 Å².